The number of carbonyl (C=O) groups excluding carboxylic acids is 4. The van der Waals surface area contributed by atoms with Crippen molar-refractivity contribution in [3.63, 3.8) is 0 Å². The standard InChI is InChI=1S/C22H26NO.C15H15N3O4.C10H16NS.C2H6.U/c1-5-7-13-24-21-17(6-2)14-20(15-18(21)16-23)22(3,4)19-11-9-8-10-12-19;19-8-16-6-9-1-2-11-10(5-9)7-18(15(11)22)12-3-4-13(20)17-14(12)21;1-6-7-9(4)11-10(12-5)8(2)3;1-2;/h9-12,14-15H,5-7,13H2,1-4H3;1-2,5,8,12H,3-4,6-7H2,(H,16,19)(H,17,20,21);6-7H,4H2,1-3,5H3;1-2H3;/q-1;;-1;;+2/b;;7-6-,11-9-;;. The van der Waals surface area contributed by atoms with Crippen LogP contribution in [0, 0.1) is 55.4 Å². The number of piperidine rings is 1. The summed E-state index contributed by atoms with van der Waals surface area (Å²) in [5, 5.41) is 15.5. The first-order chi connectivity index (χ1) is 28.7. The second-order valence-corrected chi connectivity index (χ2v) is 15.4. The van der Waals surface area contributed by atoms with Gasteiger partial charge in [-0.1, -0.05) is 73.1 Å². The van der Waals surface area contributed by atoms with E-state index in [1.807, 2.05) is 63.4 Å². The quantitative estimate of drug-likeness (QED) is 0.0539. The molecule has 2 heterocycles. The first-order valence-electron chi connectivity index (χ1n) is 20.6. The molecule has 3 aromatic rings. The van der Waals surface area contributed by atoms with E-state index in [1.54, 1.807) is 23.9 Å². The van der Waals surface area contributed by atoms with E-state index in [-0.39, 0.29) is 54.8 Å². The molecule has 5 rings (SSSR count). The average molecular weight is 1070 g/mol. The number of imide groups is 1. The van der Waals surface area contributed by atoms with Gasteiger partial charge in [-0.05, 0) is 84.7 Å². The maximum atomic E-state index is 12.4. The zero-order valence-corrected chi connectivity index (χ0v) is 42.6. The molecule has 0 aliphatic carbocycles. The molecule has 3 aromatic carbocycles. The molecule has 324 valence electrons. The third-order valence-electron chi connectivity index (χ3n) is 9.78. The van der Waals surface area contributed by atoms with E-state index in [4.69, 9.17) is 4.74 Å². The van der Waals surface area contributed by atoms with E-state index in [1.165, 1.54) is 16.0 Å². The molecule has 1 unspecified atom stereocenters. The number of amides is 4. The fourth-order valence-corrected chi connectivity index (χ4v) is 7.09. The SMILES string of the molecule is CC.CCCCOc1c(C#N)cc(C(C)(C)c2cc[c-]cc2)cc1CC.O=CNCc1ccc2c(c1)CN(C1CCC(=O)NC1=O)C2=O.[CH2-]C(/C=C\C)=N/C(SC)=C(C)C.[U+2]. The van der Waals surface area contributed by atoms with Crippen molar-refractivity contribution in [2.45, 2.75) is 119 Å². The van der Waals surface area contributed by atoms with Crippen LogP contribution in [0.1, 0.15) is 132 Å². The molecule has 0 aromatic heterocycles. The van der Waals surface area contributed by atoms with Crippen molar-refractivity contribution in [3.05, 3.63) is 129 Å². The molecule has 61 heavy (non-hydrogen) atoms. The van der Waals surface area contributed by atoms with Crippen LogP contribution in [0.15, 0.2) is 82.3 Å². The predicted octanol–water partition coefficient (Wildman–Crippen LogP) is 9.60. The fraction of sp³-hybridized carbons (Fsp3) is 0.408. The minimum Gasteiger partial charge on any atom is -0.492 e. The maximum absolute atomic E-state index is 12.4. The van der Waals surface area contributed by atoms with Gasteiger partial charge in [0.1, 0.15) is 17.9 Å². The third-order valence-corrected chi connectivity index (χ3v) is 10.7. The number of fused-ring (bicyclic) bond motifs is 1. The van der Waals surface area contributed by atoms with E-state index in [0.717, 1.165) is 58.0 Å². The van der Waals surface area contributed by atoms with E-state index in [9.17, 15) is 24.4 Å². The number of hydrogen-bond donors (Lipinski definition) is 2. The molecule has 2 aliphatic heterocycles. The van der Waals surface area contributed by atoms with Gasteiger partial charge in [0.05, 0.1) is 17.2 Å². The number of hydrogen-bond acceptors (Lipinski definition) is 8. The molecular weight excluding hydrogens is 1010 g/mol. The van der Waals surface area contributed by atoms with E-state index in [0.29, 0.717) is 43.7 Å². The maximum Gasteiger partial charge on any atom is 2.00 e. The number of ether oxygens (including phenoxy) is 1. The third kappa shape index (κ3) is 16.0. The van der Waals surface area contributed by atoms with Gasteiger partial charge in [-0.25, -0.2) is 6.92 Å². The van der Waals surface area contributed by atoms with Crippen LogP contribution in [0.5, 0.6) is 5.75 Å². The molecule has 1 saturated heterocycles. The van der Waals surface area contributed by atoms with Crippen molar-refractivity contribution in [2.75, 3.05) is 12.9 Å². The summed E-state index contributed by atoms with van der Waals surface area (Å²) in [6, 6.07) is 22.4. The molecule has 0 saturated carbocycles. The number of nitrogens with one attached hydrogen (secondary N) is 2. The summed E-state index contributed by atoms with van der Waals surface area (Å²) < 4.78 is 5.94. The summed E-state index contributed by atoms with van der Waals surface area (Å²) in [5.41, 5.74) is 8.26. The van der Waals surface area contributed by atoms with Crippen LogP contribution in [0.2, 0.25) is 0 Å². The molecule has 0 radical (unpaired) electrons. The topological polar surface area (TPSA) is 141 Å². The van der Waals surface area contributed by atoms with Gasteiger partial charge in [0.15, 0.2) is 0 Å². The number of thioether (sulfide) groups is 1. The van der Waals surface area contributed by atoms with Gasteiger partial charge < -0.3 is 15.0 Å². The van der Waals surface area contributed by atoms with Gasteiger partial charge in [0, 0.05) is 25.1 Å². The molecular formula is C49H63N5O5SU. The van der Waals surface area contributed by atoms with E-state index in [2.05, 4.69) is 94.4 Å². The van der Waals surface area contributed by atoms with Gasteiger partial charge in [0.25, 0.3) is 5.91 Å². The Balaban J connectivity index is 0.000000467. The van der Waals surface area contributed by atoms with Gasteiger partial charge in [-0.3, -0.25) is 29.5 Å². The van der Waals surface area contributed by atoms with Gasteiger partial charge in [-0.15, -0.1) is 23.0 Å². The number of nitriles is 1. The minimum absolute atomic E-state index is 0. The zero-order chi connectivity index (χ0) is 44.8. The molecule has 4 amide bonds. The summed E-state index contributed by atoms with van der Waals surface area (Å²) in [6.07, 6.45) is 10.0. The molecule has 0 bridgehead atoms. The van der Waals surface area contributed by atoms with Crippen LogP contribution in [-0.2, 0) is 39.3 Å². The van der Waals surface area contributed by atoms with Crippen LogP contribution in [0.3, 0.4) is 0 Å². The van der Waals surface area contributed by atoms with Crippen LogP contribution in [-0.4, -0.2) is 53.6 Å². The summed E-state index contributed by atoms with van der Waals surface area (Å²) in [5.74, 6) is -0.151. The molecule has 1 fully saturated rings. The van der Waals surface area contributed by atoms with Gasteiger partial charge in [-0.2, -0.15) is 47.7 Å². The molecule has 0 spiro atoms. The average Bonchev–Trinajstić information content (AvgIpc) is 3.57. The second kappa shape index (κ2) is 28.1. The van der Waals surface area contributed by atoms with Crippen molar-refractivity contribution in [1.29, 1.82) is 5.26 Å². The monoisotopic (exact) mass is 1070 g/mol. The predicted molar refractivity (Wildman–Crippen MR) is 245 cm³/mol. The van der Waals surface area contributed by atoms with E-state index < -0.39 is 11.9 Å². The summed E-state index contributed by atoms with van der Waals surface area (Å²) in [6.45, 7) is 23.9. The van der Waals surface area contributed by atoms with Gasteiger partial charge in [0.2, 0.25) is 18.2 Å². The van der Waals surface area contributed by atoms with Gasteiger partial charge >= 0.3 is 31.1 Å². The Kier molecular flexibility index (Phi) is 25.1. The first kappa shape index (κ1) is 54.5. The normalized spacial score (nSPS) is 14.3. The number of allylic oxidation sites excluding steroid dienone is 3. The first-order valence-corrected chi connectivity index (χ1v) is 21.8. The molecule has 10 nitrogen and oxygen atoms in total. The van der Waals surface area contributed by atoms with Crippen molar-refractivity contribution >= 4 is 41.6 Å². The smallest absolute Gasteiger partial charge is 0.492 e. The van der Waals surface area contributed by atoms with E-state index >= 15 is 0 Å². The van der Waals surface area contributed by atoms with Crippen LogP contribution >= 0.6 is 11.8 Å². The van der Waals surface area contributed by atoms with Crippen LogP contribution < -0.4 is 15.4 Å². The number of aryl methyl sites for hydroxylation is 1. The molecule has 1 atom stereocenters. The molecule has 2 N–H and O–H groups in total. The largest absolute Gasteiger partial charge is 2.00 e. The Bertz CT molecular complexity index is 2050. The van der Waals surface area contributed by atoms with Crippen molar-refractivity contribution in [3.8, 4) is 11.8 Å². The Hall–Kier alpha value is -4.55. The summed E-state index contributed by atoms with van der Waals surface area (Å²) >= 11 is 1.65. The number of rotatable bonds is 14. The van der Waals surface area contributed by atoms with Crippen molar-refractivity contribution < 1.29 is 55.0 Å². The van der Waals surface area contributed by atoms with Crippen LogP contribution in [0.25, 0.3) is 0 Å². The Labute approximate surface area is 392 Å². The number of benzene rings is 3. The second-order valence-electron chi connectivity index (χ2n) is 14.6. The fourth-order valence-electron chi connectivity index (χ4n) is 6.47. The van der Waals surface area contributed by atoms with Crippen LogP contribution in [0.4, 0.5) is 0 Å². The zero-order valence-electron chi connectivity index (χ0n) is 37.7. The summed E-state index contributed by atoms with van der Waals surface area (Å²) in [4.78, 5) is 51.8. The Morgan fingerprint density at radius 1 is 1.11 bits per heavy atom. The van der Waals surface area contributed by atoms with Crippen molar-refractivity contribution in [2.24, 2.45) is 4.99 Å². The minimum atomic E-state index is -0.603. The number of unbranched alkanes of at least 4 members (excludes halogenated alkanes) is 1. The Morgan fingerprint density at radius 3 is 2.36 bits per heavy atom. The molecule has 12 heteroatoms. The summed E-state index contributed by atoms with van der Waals surface area (Å²) in [7, 11) is 0. The number of aliphatic imine (C=N–C) groups is 1. The molecule has 2 aliphatic rings. The number of carbonyl (C=O) groups is 4. The van der Waals surface area contributed by atoms with Crippen molar-refractivity contribution in [1.82, 2.24) is 15.5 Å². The Morgan fingerprint density at radius 2 is 1.80 bits per heavy atom. The number of nitrogens with zero attached hydrogens (tertiary/aromatic N) is 3.